The van der Waals surface area contributed by atoms with Gasteiger partial charge in [-0.15, -0.1) is 0 Å². The third-order valence-corrected chi connectivity index (χ3v) is 2.74. The molecular weight excluding hydrogens is 192 g/mol. The summed E-state index contributed by atoms with van der Waals surface area (Å²) < 4.78 is 5.10. The van der Waals surface area contributed by atoms with E-state index in [9.17, 15) is 4.79 Å². The maximum absolute atomic E-state index is 11.8. The summed E-state index contributed by atoms with van der Waals surface area (Å²) in [5, 5.41) is 6.26. The number of hydrogen-bond acceptors (Lipinski definition) is 3. The second-order valence-corrected chi connectivity index (χ2v) is 3.91. The molecule has 15 heavy (non-hydrogen) atoms. The summed E-state index contributed by atoms with van der Waals surface area (Å²) in [6.45, 7) is 3.72. The van der Waals surface area contributed by atoms with Gasteiger partial charge < -0.3 is 15.1 Å². The van der Waals surface area contributed by atoms with Crippen molar-refractivity contribution in [1.29, 1.82) is 0 Å². The molecule has 1 aliphatic heterocycles. The van der Waals surface area contributed by atoms with Gasteiger partial charge in [-0.3, -0.25) is 4.79 Å². The average molecular weight is 208 g/mol. The van der Waals surface area contributed by atoms with Crippen LogP contribution in [-0.2, 0) is 0 Å². The van der Waals surface area contributed by atoms with Gasteiger partial charge in [-0.05, 0) is 32.4 Å². The van der Waals surface area contributed by atoms with Crippen molar-refractivity contribution in [2.75, 3.05) is 13.1 Å². The van der Waals surface area contributed by atoms with E-state index in [0.29, 0.717) is 11.3 Å². The van der Waals surface area contributed by atoms with Gasteiger partial charge in [-0.1, -0.05) is 0 Å². The van der Waals surface area contributed by atoms with Gasteiger partial charge in [0.1, 0.15) is 5.76 Å². The topological polar surface area (TPSA) is 54.3 Å². The Morgan fingerprint density at radius 3 is 3.13 bits per heavy atom. The Morgan fingerprint density at radius 2 is 2.53 bits per heavy atom. The fourth-order valence-corrected chi connectivity index (χ4v) is 1.86. The molecule has 0 spiro atoms. The first-order chi connectivity index (χ1) is 7.27. The summed E-state index contributed by atoms with van der Waals surface area (Å²) >= 11 is 0. The zero-order chi connectivity index (χ0) is 10.7. The first-order valence-corrected chi connectivity index (χ1v) is 5.33. The molecule has 0 radical (unpaired) electrons. The summed E-state index contributed by atoms with van der Waals surface area (Å²) in [5.41, 5.74) is 0.639. The van der Waals surface area contributed by atoms with Crippen molar-refractivity contribution in [1.82, 2.24) is 10.6 Å². The second kappa shape index (κ2) is 4.49. The largest absolute Gasteiger partial charge is 0.469 e. The van der Waals surface area contributed by atoms with Crippen molar-refractivity contribution in [3.63, 3.8) is 0 Å². The number of piperidine rings is 1. The SMILES string of the molecule is Cc1occc1C(=O)N[C@H]1CCCNC1. The summed E-state index contributed by atoms with van der Waals surface area (Å²) in [5.74, 6) is 0.645. The lowest BCUT2D eigenvalue weighted by molar-refractivity contribution is 0.0929. The number of rotatable bonds is 2. The maximum Gasteiger partial charge on any atom is 0.255 e. The minimum Gasteiger partial charge on any atom is -0.469 e. The molecule has 0 bridgehead atoms. The van der Waals surface area contributed by atoms with Crippen molar-refractivity contribution in [2.24, 2.45) is 0 Å². The van der Waals surface area contributed by atoms with E-state index < -0.39 is 0 Å². The van der Waals surface area contributed by atoms with E-state index >= 15 is 0 Å². The quantitative estimate of drug-likeness (QED) is 0.764. The molecule has 1 fully saturated rings. The molecule has 2 heterocycles. The number of nitrogens with one attached hydrogen (secondary N) is 2. The molecule has 4 heteroatoms. The lowest BCUT2D eigenvalue weighted by Gasteiger charge is -2.23. The molecule has 1 aromatic rings. The van der Waals surface area contributed by atoms with Crippen LogP contribution in [0.1, 0.15) is 29.0 Å². The molecule has 0 saturated carbocycles. The fraction of sp³-hybridized carbons (Fsp3) is 0.545. The van der Waals surface area contributed by atoms with E-state index in [0.717, 1.165) is 25.9 Å². The van der Waals surface area contributed by atoms with Crippen molar-refractivity contribution < 1.29 is 9.21 Å². The Morgan fingerprint density at radius 1 is 1.67 bits per heavy atom. The van der Waals surface area contributed by atoms with Gasteiger partial charge in [0.2, 0.25) is 0 Å². The Balaban J connectivity index is 1.94. The molecule has 1 saturated heterocycles. The first-order valence-electron chi connectivity index (χ1n) is 5.33. The van der Waals surface area contributed by atoms with Crippen LogP contribution in [0.5, 0.6) is 0 Å². The smallest absolute Gasteiger partial charge is 0.255 e. The van der Waals surface area contributed by atoms with E-state index in [1.165, 1.54) is 0 Å². The third-order valence-electron chi connectivity index (χ3n) is 2.74. The highest BCUT2D eigenvalue weighted by Crippen LogP contribution is 2.09. The summed E-state index contributed by atoms with van der Waals surface area (Å²) in [7, 11) is 0. The van der Waals surface area contributed by atoms with Gasteiger partial charge in [0, 0.05) is 12.6 Å². The van der Waals surface area contributed by atoms with Crippen LogP contribution in [0.15, 0.2) is 16.7 Å². The molecule has 1 aliphatic rings. The van der Waals surface area contributed by atoms with Crippen molar-refractivity contribution in [2.45, 2.75) is 25.8 Å². The Kier molecular flexibility index (Phi) is 3.06. The molecule has 4 nitrogen and oxygen atoms in total. The van der Waals surface area contributed by atoms with Crippen LogP contribution in [0, 0.1) is 6.92 Å². The zero-order valence-corrected chi connectivity index (χ0v) is 8.88. The minimum absolute atomic E-state index is 0.0325. The molecule has 1 amide bonds. The van der Waals surface area contributed by atoms with Gasteiger partial charge in [-0.2, -0.15) is 0 Å². The van der Waals surface area contributed by atoms with Gasteiger partial charge in [0.25, 0.3) is 5.91 Å². The van der Waals surface area contributed by atoms with E-state index in [4.69, 9.17) is 4.42 Å². The second-order valence-electron chi connectivity index (χ2n) is 3.91. The lowest BCUT2D eigenvalue weighted by Crippen LogP contribution is -2.45. The maximum atomic E-state index is 11.8. The highest BCUT2D eigenvalue weighted by molar-refractivity contribution is 5.95. The Hall–Kier alpha value is -1.29. The minimum atomic E-state index is -0.0325. The predicted octanol–water partition coefficient (Wildman–Crippen LogP) is 1.07. The predicted molar refractivity (Wildman–Crippen MR) is 56.8 cm³/mol. The van der Waals surface area contributed by atoms with Crippen molar-refractivity contribution >= 4 is 5.91 Å². The van der Waals surface area contributed by atoms with Crippen LogP contribution in [0.2, 0.25) is 0 Å². The lowest BCUT2D eigenvalue weighted by atomic mass is 10.1. The van der Waals surface area contributed by atoms with Crippen LogP contribution >= 0.6 is 0 Å². The molecule has 1 atom stereocenters. The number of aryl methyl sites for hydroxylation is 1. The highest BCUT2D eigenvalue weighted by Gasteiger charge is 2.18. The first kappa shape index (κ1) is 10.2. The van der Waals surface area contributed by atoms with Gasteiger partial charge in [0.05, 0.1) is 11.8 Å². The van der Waals surface area contributed by atoms with Crippen LogP contribution in [0.25, 0.3) is 0 Å². The van der Waals surface area contributed by atoms with Crippen LogP contribution in [0.4, 0.5) is 0 Å². The number of carbonyl (C=O) groups excluding carboxylic acids is 1. The standard InChI is InChI=1S/C11H16N2O2/c1-8-10(4-6-15-8)11(14)13-9-3-2-5-12-7-9/h4,6,9,12H,2-3,5,7H2,1H3,(H,13,14)/t9-/m0/s1. The van der Waals surface area contributed by atoms with Gasteiger partial charge in [0.15, 0.2) is 0 Å². The molecule has 0 aliphatic carbocycles. The van der Waals surface area contributed by atoms with Crippen LogP contribution in [-0.4, -0.2) is 25.0 Å². The van der Waals surface area contributed by atoms with Crippen molar-refractivity contribution in [3.05, 3.63) is 23.7 Å². The third kappa shape index (κ3) is 2.39. The normalized spacial score (nSPS) is 21.3. The summed E-state index contributed by atoms with van der Waals surface area (Å²) in [6, 6.07) is 1.96. The molecule has 82 valence electrons. The van der Waals surface area contributed by atoms with Crippen LogP contribution in [0.3, 0.4) is 0 Å². The Bertz CT molecular complexity index is 340. The average Bonchev–Trinajstić information content (AvgIpc) is 2.66. The van der Waals surface area contributed by atoms with Crippen LogP contribution < -0.4 is 10.6 Å². The summed E-state index contributed by atoms with van der Waals surface area (Å²) in [4.78, 5) is 11.8. The molecule has 2 N–H and O–H groups in total. The van der Waals surface area contributed by atoms with E-state index in [2.05, 4.69) is 10.6 Å². The zero-order valence-electron chi connectivity index (χ0n) is 8.88. The monoisotopic (exact) mass is 208 g/mol. The molecule has 0 unspecified atom stereocenters. The number of amides is 1. The Labute approximate surface area is 89.0 Å². The van der Waals surface area contributed by atoms with Gasteiger partial charge in [-0.25, -0.2) is 0 Å². The number of hydrogen-bond donors (Lipinski definition) is 2. The summed E-state index contributed by atoms with van der Waals surface area (Å²) in [6.07, 6.45) is 3.72. The molecule has 2 rings (SSSR count). The van der Waals surface area contributed by atoms with E-state index in [1.807, 2.05) is 0 Å². The number of furan rings is 1. The number of carbonyl (C=O) groups is 1. The fourth-order valence-electron chi connectivity index (χ4n) is 1.86. The van der Waals surface area contributed by atoms with E-state index in [-0.39, 0.29) is 11.9 Å². The molecular formula is C11H16N2O2. The highest BCUT2D eigenvalue weighted by atomic mass is 16.3. The van der Waals surface area contributed by atoms with Crippen molar-refractivity contribution in [3.8, 4) is 0 Å². The van der Waals surface area contributed by atoms with E-state index in [1.54, 1.807) is 19.3 Å². The molecule has 0 aromatic carbocycles. The molecule has 1 aromatic heterocycles. The van der Waals surface area contributed by atoms with Gasteiger partial charge >= 0.3 is 0 Å².